The van der Waals surface area contributed by atoms with Crippen LogP contribution in [0.4, 0.5) is 0 Å². The summed E-state index contributed by atoms with van der Waals surface area (Å²) in [5.41, 5.74) is 4.74. The smallest absolute Gasteiger partial charge is 0.307 e. The maximum Gasteiger partial charge on any atom is 0.307 e. The first-order chi connectivity index (χ1) is 50.1. The number of fused-ring (bicyclic) bond motifs is 20. The SMILES string of the molecule is CC(=O)OC1=CC2=CC[C@@H]3[C@H]([C@@H](O)C[C@]4(C)[C@@H](C(=O)N(C)C)CC[C@@H]34)[C@@]2(C)CC1.CN(C)C(=O)[C@H]1CC[C@H]2[C@@H]3CC=C4CC(O)CC[C@]4(C)[C@H]3[C@@H](O)C[C@]12C.CN(C)C(=O)[C@H]1CC[C@H]2[C@@H]3CC=C4C[C@@H](O)CC[C@]4(C)[C@H]3[C@@H](O)C[C@]12C.CN(C)C(=O)[C@H]1CC[C@H]2[C@@H]3CCC4=CC(=O)CC[C@]4(C)[C@H]3[C@@H](O)C[C@]12C. The van der Waals surface area contributed by atoms with Gasteiger partial charge in [-0.25, -0.2) is 0 Å². The first-order valence-corrected chi connectivity index (χ1v) is 42.3. The molecule has 0 heterocycles. The lowest BCUT2D eigenvalue weighted by atomic mass is 9.46. The number of allylic oxidation sites excluding steroid dienone is 7. The van der Waals surface area contributed by atoms with Crippen molar-refractivity contribution in [1.82, 2.24) is 19.6 Å². The number of aliphatic hydroxyl groups excluding tert-OH is 6. The van der Waals surface area contributed by atoms with Crippen LogP contribution in [0.2, 0.25) is 0 Å². The van der Waals surface area contributed by atoms with Gasteiger partial charge in [-0.1, -0.05) is 90.3 Å². The van der Waals surface area contributed by atoms with Crippen molar-refractivity contribution in [3.8, 4) is 0 Å². The first-order valence-electron chi connectivity index (χ1n) is 42.3. The van der Waals surface area contributed by atoms with E-state index in [1.54, 1.807) is 19.6 Å². The van der Waals surface area contributed by atoms with Gasteiger partial charge in [0.2, 0.25) is 23.6 Å². The molecule has 16 aliphatic rings. The van der Waals surface area contributed by atoms with Gasteiger partial charge in [0, 0.05) is 99.8 Å². The number of carbonyl (C=O) groups excluding carboxylic acids is 6. The standard InChI is InChI=1S/C24H35NO4.2C22H35NO3.C22H33NO3/c1-14(26)29-16-10-11-23(2)15(12-16)6-7-17-18-8-9-19(22(28)25(4)5)24(18,3)13-20(27)21(17)23;3*1-21-10-9-14(24)11-13(21)5-6-15-16-7-8-17(20(26)23(3)4)22(16,2)12-18(25)19(15)21/h6,12,17-21,27H,7-11,13H2,1-5H3;2*5,14-19,24-25H,6-12H2,1-4H3;11,15-19,25H,5-10,12H2,1-4H3/t17-,18-,19+,20-,21+,23-,24-;14?,15-,16-,17+,18-,19+,21-,22-;14-,15-,16-,17+,18-,19+,21-,22-;15-,16-,17+,18-,19+,21-,22-/m0000/s1. The number of esters is 1. The van der Waals surface area contributed by atoms with Crippen molar-refractivity contribution >= 4 is 35.4 Å². The summed E-state index contributed by atoms with van der Waals surface area (Å²) < 4.78 is 5.37. The molecule has 0 aromatic carbocycles. The van der Waals surface area contributed by atoms with Crippen LogP contribution in [0.25, 0.3) is 0 Å². The average Bonchev–Trinajstić information content (AvgIpc) is 1.70. The zero-order valence-corrected chi connectivity index (χ0v) is 68.5. The largest absolute Gasteiger partial charge is 0.431 e. The molecule has 11 saturated carbocycles. The fourth-order valence-corrected chi connectivity index (χ4v) is 29.8. The molecule has 17 nitrogen and oxygen atoms in total. The van der Waals surface area contributed by atoms with Gasteiger partial charge in [-0.05, 0) is 293 Å². The van der Waals surface area contributed by atoms with E-state index >= 15 is 0 Å². The highest BCUT2D eigenvalue weighted by molar-refractivity contribution is 5.91. The molecule has 4 amide bonds. The molecule has 0 spiro atoms. The number of rotatable bonds is 5. The minimum atomic E-state index is -0.408. The Bertz CT molecular complexity index is 3520. The summed E-state index contributed by atoms with van der Waals surface area (Å²) in [6.45, 7) is 19.7. The van der Waals surface area contributed by atoms with Crippen LogP contribution in [0.15, 0.2) is 58.4 Å². The number of ether oxygens (including phenoxy) is 1. The van der Waals surface area contributed by atoms with Gasteiger partial charge in [0.1, 0.15) is 5.76 Å². The minimum absolute atomic E-state index is 0.0121. The van der Waals surface area contributed by atoms with Crippen LogP contribution in [0.3, 0.4) is 0 Å². The van der Waals surface area contributed by atoms with Crippen LogP contribution in [0, 0.1) is 138 Å². The Morgan fingerprint density at radius 1 is 0.383 bits per heavy atom. The highest BCUT2D eigenvalue weighted by Gasteiger charge is 2.68. The second-order valence-corrected chi connectivity index (χ2v) is 40.9. The Morgan fingerprint density at radius 2 is 0.710 bits per heavy atom. The van der Waals surface area contributed by atoms with Gasteiger partial charge in [0.25, 0.3) is 0 Å². The monoisotopic (exact) mass is 1480 g/mol. The lowest BCUT2D eigenvalue weighted by Gasteiger charge is -2.59. The highest BCUT2D eigenvalue weighted by Crippen LogP contribution is 2.72. The first kappa shape index (κ1) is 80.5. The predicted molar refractivity (Wildman–Crippen MR) is 413 cm³/mol. The summed E-state index contributed by atoms with van der Waals surface area (Å²) in [5.74, 6) is 6.60. The lowest BCUT2D eigenvalue weighted by Crippen LogP contribution is -2.57. The lowest BCUT2D eigenvalue weighted by molar-refractivity contribution is -0.151. The molecule has 17 heteroatoms. The maximum absolute atomic E-state index is 12.9. The molecule has 0 aliphatic heterocycles. The van der Waals surface area contributed by atoms with Crippen LogP contribution in [-0.2, 0) is 33.5 Å². The van der Waals surface area contributed by atoms with Crippen molar-refractivity contribution in [3.63, 3.8) is 0 Å². The Labute approximate surface area is 641 Å². The molecule has 11 fully saturated rings. The average molecular weight is 1480 g/mol. The van der Waals surface area contributed by atoms with E-state index < -0.39 is 6.10 Å². The summed E-state index contributed by atoms with van der Waals surface area (Å²) in [7, 11) is 14.8. The van der Waals surface area contributed by atoms with E-state index in [0.29, 0.717) is 60.2 Å². The normalized spacial score (nSPS) is 47.7. The van der Waals surface area contributed by atoms with Gasteiger partial charge in [0.05, 0.1) is 36.6 Å². The van der Waals surface area contributed by atoms with Crippen LogP contribution >= 0.6 is 0 Å². The summed E-state index contributed by atoms with van der Waals surface area (Å²) in [6.07, 6.45) is 33.4. The summed E-state index contributed by atoms with van der Waals surface area (Å²) >= 11 is 0. The van der Waals surface area contributed by atoms with Gasteiger partial charge in [0.15, 0.2) is 5.78 Å². The number of amides is 4. The molecule has 0 radical (unpaired) electrons. The zero-order valence-electron chi connectivity index (χ0n) is 68.5. The van der Waals surface area contributed by atoms with Crippen molar-refractivity contribution in [2.45, 2.75) is 272 Å². The minimum Gasteiger partial charge on any atom is -0.431 e. The number of hydrogen-bond acceptors (Lipinski definition) is 13. The Hall–Kier alpha value is -4.52. The van der Waals surface area contributed by atoms with Crippen molar-refractivity contribution in [2.75, 3.05) is 56.4 Å². The molecule has 16 aliphatic carbocycles. The maximum atomic E-state index is 12.9. The fraction of sp³-hybridized carbons (Fsp3) is 0.822. The molecule has 1 unspecified atom stereocenters. The third-order valence-corrected chi connectivity index (χ3v) is 34.8. The molecule has 596 valence electrons. The third-order valence-electron chi connectivity index (χ3n) is 34.8. The van der Waals surface area contributed by atoms with E-state index in [2.05, 4.69) is 73.6 Å². The van der Waals surface area contributed by atoms with Crippen LogP contribution in [0.5, 0.6) is 0 Å². The molecule has 30 atom stereocenters. The van der Waals surface area contributed by atoms with Crippen molar-refractivity contribution in [3.05, 3.63) is 58.4 Å². The molecular formula is C90H138N4O13. The van der Waals surface area contributed by atoms with E-state index in [9.17, 15) is 59.4 Å². The molecule has 107 heavy (non-hydrogen) atoms. The van der Waals surface area contributed by atoms with Crippen LogP contribution in [-0.4, -0.2) is 179 Å². The van der Waals surface area contributed by atoms with E-state index in [1.807, 2.05) is 68.5 Å². The van der Waals surface area contributed by atoms with Gasteiger partial charge >= 0.3 is 5.97 Å². The summed E-state index contributed by atoms with van der Waals surface area (Å²) in [4.78, 5) is 81.5. The zero-order chi connectivity index (χ0) is 77.7. The molecule has 0 aromatic rings. The molecular weight excluding hydrogens is 1350 g/mol. The van der Waals surface area contributed by atoms with Crippen molar-refractivity contribution in [2.24, 2.45) is 138 Å². The van der Waals surface area contributed by atoms with E-state index in [4.69, 9.17) is 4.74 Å². The number of carbonyl (C=O) groups is 6. The van der Waals surface area contributed by atoms with Crippen LogP contribution < -0.4 is 0 Å². The number of aliphatic hydroxyl groups is 6. The molecule has 0 saturated heterocycles. The van der Waals surface area contributed by atoms with Gasteiger partial charge in [-0.15, -0.1) is 0 Å². The molecule has 16 rings (SSSR count). The second-order valence-electron chi connectivity index (χ2n) is 40.9. The molecule has 0 bridgehead atoms. The Balaban J connectivity index is 0.000000126. The number of ketones is 1. The van der Waals surface area contributed by atoms with Crippen molar-refractivity contribution < 1.29 is 64.1 Å². The Kier molecular flexibility index (Phi) is 21.9. The number of nitrogens with zero attached hydrogens (tertiary/aromatic N) is 4. The van der Waals surface area contributed by atoms with E-state index in [-0.39, 0.29) is 157 Å². The van der Waals surface area contributed by atoms with Crippen LogP contribution in [0.1, 0.15) is 236 Å². The summed E-state index contributed by atoms with van der Waals surface area (Å²) in [5, 5.41) is 65.6. The predicted octanol–water partition coefficient (Wildman–Crippen LogP) is 12.8. The summed E-state index contributed by atoms with van der Waals surface area (Å²) in [6, 6.07) is 0. The topological polar surface area (TPSA) is 246 Å². The quantitative estimate of drug-likeness (QED) is 0.111. The van der Waals surface area contributed by atoms with Gasteiger partial charge in [-0.3, -0.25) is 28.8 Å². The number of hydrogen-bond donors (Lipinski definition) is 6. The Morgan fingerprint density at radius 3 is 1.07 bits per heavy atom. The molecule has 0 aromatic heterocycles. The van der Waals surface area contributed by atoms with Gasteiger partial charge in [-0.2, -0.15) is 0 Å². The van der Waals surface area contributed by atoms with Crippen molar-refractivity contribution in [1.29, 1.82) is 0 Å². The third kappa shape index (κ3) is 13.2. The highest BCUT2D eigenvalue weighted by atomic mass is 16.5. The molecule has 6 N–H and O–H groups in total. The fourth-order valence-electron chi connectivity index (χ4n) is 29.8. The van der Waals surface area contributed by atoms with E-state index in [0.717, 1.165) is 166 Å². The van der Waals surface area contributed by atoms with E-state index in [1.165, 1.54) is 29.2 Å². The second kappa shape index (κ2) is 29.1. The van der Waals surface area contributed by atoms with Gasteiger partial charge < -0.3 is 55.0 Å².